The smallest absolute Gasteiger partial charge is 0.230 e. The van der Waals surface area contributed by atoms with Gasteiger partial charge in [-0.1, -0.05) is 30.0 Å². The molecule has 0 aliphatic carbocycles. The molecule has 1 aromatic heterocycles. The molecule has 152 valence electrons. The highest BCUT2D eigenvalue weighted by atomic mass is 32.2. The molecule has 3 N–H and O–H groups in total. The lowest BCUT2D eigenvalue weighted by Gasteiger charge is -2.10. The molecule has 0 fully saturated rings. The van der Waals surface area contributed by atoms with Crippen molar-refractivity contribution in [3.63, 3.8) is 0 Å². The molecule has 0 saturated heterocycles. The van der Waals surface area contributed by atoms with E-state index >= 15 is 0 Å². The summed E-state index contributed by atoms with van der Waals surface area (Å²) in [6.07, 6.45) is 0. The fraction of sp³-hybridized carbons (Fsp3) is 0.211. The first-order chi connectivity index (χ1) is 14.0. The van der Waals surface area contributed by atoms with Crippen molar-refractivity contribution in [2.45, 2.75) is 11.7 Å². The predicted octanol–water partition coefficient (Wildman–Crippen LogP) is 2.22. The first kappa shape index (κ1) is 20.5. The Kier molecular flexibility index (Phi) is 6.55. The Morgan fingerprint density at radius 1 is 1.17 bits per heavy atom. The van der Waals surface area contributed by atoms with Crippen LogP contribution in [0.2, 0.25) is 0 Å². The molecule has 0 unspecified atom stereocenters. The summed E-state index contributed by atoms with van der Waals surface area (Å²) in [5.74, 6) is 6.78. The van der Waals surface area contributed by atoms with Gasteiger partial charge in [0, 0.05) is 6.54 Å². The lowest BCUT2D eigenvalue weighted by Crippen LogP contribution is -2.25. The maximum Gasteiger partial charge on any atom is 0.230 e. The van der Waals surface area contributed by atoms with Gasteiger partial charge in [0.25, 0.3) is 0 Å². The van der Waals surface area contributed by atoms with Crippen LogP contribution in [0.25, 0.3) is 11.4 Å². The zero-order valence-electron chi connectivity index (χ0n) is 15.9. The molecule has 1 amide bonds. The minimum atomic E-state index is -0.448. The van der Waals surface area contributed by atoms with Crippen LogP contribution < -0.4 is 20.6 Å². The van der Waals surface area contributed by atoms with Gasteiger partial charge in [-0.15, -0.1) is 10.2 Å². The summed E-state index contributed by atoms with van der Waals surface area (Å²) >= 11 is 1.11. The molecule has 3 aromatic rings. The topological polar surface area (TPSA) is 104 Å². The Labute approximate surface area is 171 Å². The Balaban J connectivity index is 1.57. The lowest BCUT2D eigenvalue weighted by molar-refractivity contribution is -0.118. The summed E-state index contributed by atoms with van der Waals surface area (Å²) in [5.41, 5.74) is 1.11. The fourth-order valence-electron chi connectivity index (χ4n) is 2.57. The van der Waals surface area contributed by atoms with Crippen molar-refractivity contribution in [3.8, 4) is 22.9 Å². The molecular formula is C19H20FN5O3S. The molecule has 0 saturated carbocycles. The Morgan fingerprint density at radius 2 is 1.93 bits per heavy atom. The van der Waals surface area contributed by atoms with Crippen molar-refractivity contribution >= 4 is 17.7 Å². The van der Waals surface area contributed by atoms with Gasteiger partial charge in [0.15, 0.2) is 17.3 Å². The normalized spacial score (nSPS) is 10.6. The van der Waals surface area contributed by atoms with Crippen LogP contribution in [0.3, 0.4) is 0 Å². The van der Waals surface area contributed by atoms with Crippen molar-refractivity contribution in [1.29, 1.82) is 0 Å². The van der Waals surface area contributed by atoms with Crippen molar-refractivity contribution in [2.24, 2.45) is 0 Å². The van der Waals surface area contributed by atoms with Gasteiger partial charge in [0.05, 0.1) is 25.5 Å². The van der Waals surface area contributed by atoms with Crippen molar-refractivity contribution in [3.05, 3.63) is 53.8 Å². The highest BCUT2D eigenvalue weighted by Gasteiger charge is 2.16. The van der Waals surface area contributed by atoms with Crippen LogP contribution in [0, 0.1) is 5.82 Å². The van der Waals surface area contributed by atoms with Gasteiger partial charge in [0.2, 0.25) is 11.1 Å². The second kappa shape index (κ2) is 9.28. The number of nitrogens with two attached hydrogens (primary N) is 1. The first-order valence-electron chi connectivity index (χ1n) is 8.59. The Hall–Kier alpha value is -3.27. The monoisotopic (exact) mass is 417 g/mol. The SMILES string of the molecule is COc1ccc(CNC(=O)CSc2nnc(-c3ccccc3F)n2N)cc1OC. The minimum Gasteiger partial charge on any atom is -0.493 e. The summed E-state index contributed by atoms with van der Waals surface area (Å²) in [6, 6.07) is 11.5. The van der Waals surface area contributed by atoms with Crippen LogP contribution in [0.15, 0.2) is 47.6 Å². The third-order valence-electron chi connectivity index (χ3n) is 4.05. The summed E-state index contributed by atoms with van der Waals surface area (Å²) in [4.78, 5) is 12.2. The summed E-state index contributed by atoms with van der Waals surface area (Å²) in [5, 5.41) is 11.0. The van der Waals surface area contributed by atoms with E-state index in [-0.39, 0.29) is 23.0 Å². The van der Waals surface area contributed by atoms with E-state index in [9.17, 15) is 9.18 Å². The van der Waals surface area contributed by atoms with Crippen LogP contribution >= 0.6 is 11.8 Å². The number of rotatable bonds is 8. The highest BCUT2D eigenvalue weighted by Crippen LogP contribution is 2.27. The molecule has 1 heterocycles. The van der Waals surface area contributed by atoms with Crippen LogP contribution in [0.1, 0.15) is 5.56 Å². The minimum absolute atomic E-state index is 0.0832. The van der Waals surface area contributed by atoms with Gasteiger partial charge in [-0.25, -0.2) is 9.07 Å². The molecule has 0 atom stereocenters. The third kappa shape index (κ3) is 4.77. The number of methoxy groups -OCH3 is 2. The first-order valence-corrected chi connectivity index (χ1v) is 9.57. The van der Waals surface area contributed by atoms with Crippen molar-refractivity contribution in [1.82, 2.24) is 20.2 Å². The Morgan fingerprint density at radius 3 is 2.66 bits per heavy atom. The van der Waals surface area contributed by atoms with E-state index in [1.807, 2.05) is 6.07 Å². The number of hydrogen-bond donors (Lipinski definition) is 2. The molecular weight excluding hydrogens is 397 g/mol. The zero-order chi connectivity index (χ0) is 20.8. The van der Waals surface area contributed by atoms with E-state index in [0.717, 1.165) is 17.3 Å². The average molecular weight is 417 g/mol. The number of benzene rings is 2. The maximum absolute atomic E-state index is 13.9. The van der Waals surface area contributed by atoms with Crippen LogP contribution in [-0.4, -0.2) is 40.8 Å². The number of ether oxygens (including phenoxy) is 2. The predicted molar refractivity (Wildman–Crippen MR) is 108 cm³/mol. The maximum atomic E-state index is 13.9. The second-order valence-corrected chi connectivity index (χ2v) is 6.85. The molecule has 3 rings (SSSR count). The van der Waals surface area contributed by atoms with Gasteiger partial charge in [-0.3, -0.25) is 4.79 Å². The van der Waals surface area contributed by atoms with Crippen LogP contribution in [0.4, 0.5) is 4.39 Å². The highest BCUT2D eigenvalue weighted by molar-refractivity contribution is 7.99. The number of carbonyl (C=O) groups is 1. The summed E-state index contributed by atoms with van der Waals surface area (Å²) in [7, 11) is 3.11. The number of carbonyl (C=O) groups excluding carboxylic acids is 1. The van der Waals surface area contributed by atoms with E-state index in [0.29, 0.717) is 23.2 Å². The molecule has 0 aliphatic rings. The van der Waals surface area contributed by atoms with E-state index < -0.39 is 5.82 Å². The number of halogens is 1. The van der Waals surface area contributed by atoms with E-state index in [2.05, 4.69) is 15.5 Å². The largest absolute Gasteiger partial charge is 0.493 e. The molecule has 0 bridgehead atoms. The van der Waals surface area contributed by atoms with Gasteiger partial charge in [0.1, 0.15) is 5.82 Å². The molecule has 8 nitrogen and oxygen atoms in total. The number of hydrogen-bond acceptors (Lipinski definition) is 7. The van der Waals surface area contributed by atoms with Crippen molar-refractivity contribution in [2.75, 3.05) is 25.8 Å². The third-order valence-corrected chi connectivity index (χ3v) is 4.99. The number of nitrogens with zero attached hydrogens (tertiary/aromatic N) is 3. The summed E-state index contributed by atoms with van der Waals surface area (Å²) in [6.45, 7) is 0.329. The van der Waals surface area contributed by atoms with Gasteiger partial charge >= 0.3 is 0 Å². The van der Waals surface area contributed by atoms with E-state index in [1.165, 1.54) is 10.7 Å². The molecule has 2 aromatic carbocycles. The molecule has 0 aliphatic heterocycles. The van der Waals surface area contributed by atoms with Gasteiger partial charge in [-0.2, -0.15) is 0 Å². The average Bonchev–Trinajstić information content (AvgIpc) is 3.11. The number of nitrogen functional groups attached to an aromatic ring is 1. The standard InChI is InChI=1S/C19H20FN5O3S/c1-27-15-8-7-12(9-16(15)28-2)10-22-17(26)11-29-19-24-23-18(25(19)21)13-5-3-4-6-14(13)20/h3-9H,10-11,21H2,1-2H3,(H,22,26). The fourth-order valence-corrected chi connectivity index (χ4v) is 3.26. The number of aromatic nitrogens is 3. The van der Waals surface area contributed by atoms with Crippen LogP contribution in [0.5, 0.6) is 11.5 Å². The Bertz CT molecular complexity index is 1010. The van der Waals surface area contributed by atoms with E-state index in [1.54, 1.807) is 44.6 Å². The number of nitrogens with one attached hydrogen (secondary N) is 1. The zero-order valence-corrected chi connectivity index (χ0v) is 16.7. The number of thioether (sulfide) groups is 1. The molecule has 0 spiro atoms. The number of amides is 1. The van der Waals surface area contributed by atoms with E-state index in [4.69, 9.17) is 15.3 Å². The molecule has 10 heteroatoms. The summed E-state index contributed by atoms with van der Waals surface area (Å²) < 4.78 is 25.5. The van der Waals surface area contributed by atoms with Gasteiger partial charge in [-0.05, 0) is 29.8 Å². The van der Waals surface area contributed by atoms with Crippen molar-refractivity contribution < 1.29 is 18.7 Å². The molecule has 0 radical (unpaired) electrons. The van der Waals surface area contributed by atoms with Gasteiger partial charge < -0.3 is 20.6 Å². The molecule has 29 heavy (non-hydrogen) atoms. The second-order valence-electron chi connectivity index (χ2n) is 5.91. The lowest BCUT2D eigenvalue weighted by atomic mass is 10.2. The van der Waals surface area contributed by atoms with Crippen LogP contribution in [-0.2, 0) is 11.3 Å². The quantitative estimate of drug-likeness (QED) is 0.428.